The van der Waals surface area contributed by atoms with E-state index >= 15 is 0 Å². The van der Waals surface area contributed by atoms with Crippen molar-refractivity contribution in [2.45, 2.75) is 38.9 Å². The summed E-state index contributed by atoms with van der Waals surface area (Å²) < 4.78 is 35.7. The number of hydrogen-bond donors (Lipinski definition) is 1. The average Bonchev–Trinajstić information content (AvgIpc) is 2.13. The molecule has 96 valence electrons. The molecule has 6 heteroatoms. The summed E-state index contributed by atoms with van der Waals surface area (Å²) in [6.45, 7) is 4.20. The molecule has 0 saturated heterocycles. The van der Waals surface area contributed by atoms with Crippen molar-refractivity contribution in [3.05, 3.63) is 0 Å². The molecule has 0 aliphatic rings. The zero-order valence-corrected chi connectivity index (χ0v) is 9.90. The minimum atomic E-state index is -4.21. The number of carbonyl (C=O) groups is 1. The highest BCUT2D eigenvalue weighted by Crippen LogP contribution is 2.19. The van der Waals surface area contributed by atoms with E-state index in [4.69, 9.17) is 0 Å². The van der Waals surface area contributed by atoms with Crippen LogP contribution in [0.5, 0.6) is 0 Å². The van der Waals surface area contributed by atoms with E-state index in [1.807, 2.05) is 13.8 Å². The Bertz CT molecular complexity index is 219. The van der Waals surface area contributed by atoms with Gasteiger partial charge in [-0.05, 0) is 13.5 Å². The van der Waals surface area contributed by atoms with Crippen LogP contribution in [0.4, 0.5) is 13.2 Å². The van der Waals surface area contributed by atoms with E-state index in [1.54, 1.807) is 0 Å². The normalized spacial score (nSPS) is 13.6. The first kappa shape index (κ1) is 15.2. The van der Waals surface area contributed by atoms with E-state index in [-0.39, 0.29) is 24.9 Å². The first-order valence-corrected chi connectivity index (χ1v) is 5.30. The number of carbonyl (C=O) groups excluding carboxylic acids is 1. The maximum absolute atomic E-state index is 11.9. The smallest absolute Gasteiger partial charge is 0.345 e. The highest BCUT2D eigenvalue weighted by Gasteiger charge is 2.28. The minimum Gasteiger partial charge on any atom is -0.345 e. The van der Waals surface area contributed by atoms with Crippen LogP contribution in [0, 0.1) is 0 Å². The molecule has 0 aromatic heterocycles. The number of hydrogen-bond acceptors (Lipinski definition) is 2. The van der Waals surface area contributed by atoms with Gasteiger partial charge in [-0.15, -0.1) is 0 Å². The number of amides is 1. The molecule has 0 aliphatic carbocycles. The fraction of sp³-hybridized carbons (Fsp3) is 0.900. The zero-order valence-electron chi connectivity index (χ0n) is 9.90. The highest BCUT2D eigenvalue weighted by atomic mass is 19.4. The van der Waals surface area contributed by atoms with Gasteiger partial charge in [0.05, 0.1) is 6.42 Å². The van der Waals surface area contributed by atoms with Gasteiger partial charge in [0, 0.05) is 26.1 Å². The Kier molecular flexibility index (Phi) is 6.40. The lowest BCUT2D eigenvalue weighted by Crippen LogP contribution is -2.36. The van der Waals surface area contributed by atoms with Gasteiger partial charge in [0.2, 0.25) is 5.91 Å². The number of alkyl halides is 3. The van der Waals surface area contributed by atoms with Gasteiger partial charge < -0.3 is 10.2 Å². The third-order valence-electron chi connectivity index (χ3n) is 2.19. The third kappa shape index (κ3) is 7.50. The predicted molar refractivity (Wildman–Crippen MR) is 56.1 cm³/mol. The number of rotatable bonds is 6. The van der Waals surface area contributed by atoms with Crippen LogP contribution >= 0.6 is 0 Å². The van der Waals surface area contributed by atoms with E-state index in [0.717, 1.165) is 11.4 Å². The first-order chi connectivity index (χ1) is 7.26. The van der Waals surface area contributed by atoms with E-state index in [0.29, 0.717) is 0 Å². The molecule has 1 amide bonds. The molecule has 1 unspecified atom stereocenters. The quantitative estimate of drug-likeness (QED) is 0.767. The lowest BCUT2D eigenvalue weighted by Gasteiger charge is -2.20. The van der Waals surface area contributed by atoms with E-state index in [1.165, 1.54) is 7.05 Å². The Morgan fingerprint density at radius 3 is 2.44 bits per heavy atom. The van der Waals surface area contributed by atoms with Crippen LogP contribution in [0.1, 0.15) is 26.7 Å². The number of nitrogens with one attached hydrogen (secondary N) is 1. The van der Waals surface area contributed by atoms with Gasteiger partial charge in [0.1, 0.15) is 0 Å². The minimum absolute atomic E-state index is 0.00848. The van der Waals surface area contributed by atoms with Crippen molar-refractivity contribution in [3.8, 4) is 0 Å². The van der Waals surface area contributed by atoms with Crippen molar-refractivity contribution in [1.82, 2.24) is 10.2 Å². The molecule has 0 aromatic carbocycles. The number of halogens is 3. The van der Waals surface area contributed by atoms with Crippen LogP contribution in [0.25, 0.3) is 0 Å². The van der Waals surface area contributed by atoms with Crippen molar-refractivity contribution >= 4 is 5.91 Å². The molecule has 0 fully saturated rings. The molecule has 1 N–H and O–H groups in total. The zero-order chi connectivity index (χ0) is 12.8. The van der Waals surface area contributed by atoms with Crippen LogP contribution in [-0.4, -0.2) is 43.2 Å². The Balaban J connectivity index is 3.90. The first-order valence-electron chi connectivity index (χ1n) is 5.30. The molecule has 0 spiro atoms. The van der Waals surface area contributed by atoms with Gasteiger partial charge in [-0.1, -0.05) is 6.92 Å². The van der Waals surface area contributed by atoms with Crippen LogP contribution in [-0.2, 0) is 4.79 Å². The largest absolute Gasteiger partial charge is 0.390 e. The van der Waals surface area contributed by atoms with Crippen LogP contribution in [0.3, 0.4) is 0 Å². The summed E-state index contributed by atoms with van der Waals surface area (Å²) >= 11 is 0. The van der Waals surface area contributed by atoms with E-state index < -0.39 is 12.6 Å². The van der Waals surface area contributed by atoms with Crippen LogP contribution in [0.15, 0.2) is 0 Å². The standard InChI is InChI=1S/C10H19F3N2O/c1-4-14-8(2)7-9(16)15(3)6-5-10(11,12)13/h8,14H,4-7H2,1-3H3. The Morgan fingerprint density at radius 2 is 2.00 bits per heavy atom. The Hall–Kier alpha value is -0.780. The predicted octanol–water partition coefficient (Wildman–Crippen LogP) is 1.79. The molecule has 0 aliphatic heterocycles. The van der Waals surface area contributed by atoms with Crippen molar-refractivity contribution in [2.24, 2.45) is 0 Å². The fourth-order valence-corrected chi connectivity index (χ4v) is 1.26. The third-order valence-corrected chi connectivity index (χ3v) is 2.19. The van der Waals surface area contributed by atoms with Crippen LogP contribution in [0.2, 0.25) is 0 Å². The maximum atomic E-state index is 11.9. The monoisotopic (exact) mass is 240 g/mol. The van der Waals surface area contributed by atoms with Gasteiger partial charge in [-0.25, -0.2) is 0 Å². The molecule has 0 rings (SSSR count). The summed E-state index contributed by atoms with van der Waals surface area (Å²) in [6.07, 6.45) is -4.94. The molecule has 1 atom stereocenters. The van der Waals surface area contributed by atoms with Gasteiger partial charge in [-0.2, -0.15) is 13.2 Å². The SMILES string of the molecule is CCNC(C)CC(=O)N(C)CCC(F)(F)F. The molecule has 0 heterocycles. The van der Waals surface area contributed by atoms with Crippen molar-refractivity contribution < 1.29 is 18.0 Å². The molecule has 0 bridgehead atoms. The van der Waals surface area contributed by atoms with Gasteiger partial charge in [0.15, 0.2) is 0 Å². The summed E-state index contributed by atoms with van der Waals surface area (Å²) in [7, 11) is 1.40. The summed E-state index contributed by atoms with van der Waals surface area (Å²) in [5.41, 5.74) is 0. The van der Waals surface area contributed by atoms with Crippen molar-refractivity contribution in [3.63, 3.8) is 0 Å². The second-order valence-corrected chi connectivity index (χ2v) is 3.84. The van der Waals surface area contributed by atoms with Gasteiger partial charge in [0.25, 0.3) is 0 Å². The van der Waals surface area contributed by atoms with Gasteiger partial charge >= 0.3 is 6.18 Å². The second-order valence-electron chi connectivity index (χ2n) is 3.84. The Morgan fingerprint density at radius 1 is 1.44 bits per heavy atom. The summed E-state index contributed by atoms with van der Waals surface area (Å²) in [4.78, 5) is 12.6. The van der Waals surface area contributed by atoms with Gasteiger partial charge in [-0.3, -0.25) is 4.79 Å². The Labute approximate surface area is 94.0 Å². The average molecular weight is 240 g/mol. The second kappa shape index (κ2) is 6.73. The summed E-state index contributed by atoms with van der Waals surface area (Å²) in [6, 6.07) is -0.00848. The summed E-state index contributed by atoms with van der Waals surface area (Å²) in [5.74, 6) is -0.266. The molecule has 0 saturated carbocycles. The lowest BCUT2D eigenvalue weighted by atomic mass is 10.2. The molecule has 0 radical (unpaired) electrons. The molecule has 16 heavy (non-hydrogen) atoms. The number of nitrogens with zero attached hydrogens (tertiary/aromatic N) is 1. The van der Waals surface area contributed by atoms with E-state index in [9.17, 15) is 18.0 Å². The molecular formula is C10H19F3N2O. The highest BCUT2D eigenvalue weighted by molar-refractivity contribution is 5.76. The topological polar surface area (TPSA) is 32.3 Å². The summed E-state index contributed by atoms with van der Waals surface area (Å²) in [5, 5.41) is 3.03. The molecular weight excluding hydrogens is 221 g/mol. The lowest BCUT2D eigenvalue weighted by molar-refractivity contribution is -0.144. The van der Waals surface area contributed by atoms with Crippen molar-refractivity contribution in [1.29, 1.82) is 0 Å². The molecule has 3 nitrogen and oxygen atoms in total. The molecule has 0 aromatic rings. The maximum Gasteiger partial charge on any atom is 0.390 e. The fourth-order valence-electron chi connectivity index (χ4n) is 1.26. The van der Waals surface area contributed by atoms with Crippen LogP contribution < -0.4 is 5.32 Å². The van der Waals surface area contributed by atoms with E-state index in [2.05, 4.69) is 5.32 Å². The van der Waals surface area contributed by atoms with Crippen molar-refractivity contribution in [2.75, 3.05) is 20.1 Å².